The number of aromatic amines is 1. The van der Waals surface area contributed by atoms with Crippen molar-refractivity contribution in [2.24, 2.45) is 0 Å². The number of hydrogen-bond donors (Lipinski definition) is 1. The maximum absolute atomic E-state index is 6.12. The molecule has 0 saturated heterocycles. The number of benzene rings is 2. The number of pyridine rings is 2. The molecule has 5 aromatic rings. The van der Waals surface area contributed by atoms with Gasteiger partial charge in [-0.1, -0.05) is 42.5 Å². The fourth-order valence-electron chi connectivity index (χ4n) is 3.29. The molecule has 0 radical (unpaired) electrons. The van der Waals surface area contributed by atoms with Crippen molar-refractivity contribution < 1.29 is 4.74 Å². The van der Waals surface area contributed by atoms with Crippen LogP contribution < -0.4 is 4.74 Å². The predicted octanol–water partition coefficient (Wildman–Crippen LogP) is 6.08. The molecule has 4 nitrogen and oxygen atoms in total. The molecule has 0 aliphatic heterocycles. The summed E-state index contributed by atoms with van der Waals surface area (Å²) in [5.41, 5.74) is 4.78. The van der Waals surface area contributed by atoms with Crippen LogP contribution in [-0.2, 0) is 0 Å². The minimum atomic E-state index is 0.796. The first-order valence-corrected chi connectivity index (χ1v) is 9.09. The fraction of sp³-hybridized carbons (Fsp3) is 0. The zero-order valence-electron chi connectivity index (χ0n) is 15.0. The molecule has 4 heteroatoms. The fourth-order valence-corrected chi connectivity index (χ4v) is 3.29. The van der Waals surface area contributed by atoms with Crippen LogP contribution in [0.25, 0.3) is 33.4 Å². The number of para-hydroxylation sites is 2. The highest BCUT2D eigenvalue weighted by Crippen LogP contribution is 2.35. The Hall–Kier alpha value is -3.92. The lowest BCUT2D eigenvalue weighted by atomic mass is 10.0. The number of nitrogens with one attached hydrogen (secondary N) is 1. The second-order valence-electron chi connectivity index (χ2n) is 6.45. The van der Waals surface area contributed by atoms with Crippen molar-refractivity contribution in [2.75, 3.05) is 0 Å². The van der Waals surface area contributed by atoms with Crippen molar-refractivity contribution in [3.8, 4) is 33.9 Å². The van der Waals surface area contributed by atoms with Crippen LogP contribution in [0.2, 0.25) is 0 Å². The Bertz CT molecular complexity index is 1230. The first kappa shape index (κ1) is 16.3. The molecule has 0 bridgehead atoms. The van der Waals surface area contributed by atoms with E-state index in [0.717, 1.165) is 44.9 Å². The topological polar surface area (TPSA) is 50.8 Å². The van der Waals surface area contributed by atoms with Crippen molar-refractivity contribution in [2.45, 2.75) is 0 Å². The van der Waals surface area contributed by atoms with Gasteiger partial charge in [0, 0.05) is 40.7 Å². The maximum atomic E-state index is 6.12. The Morgan fingerprint density at radius 2 is 1.57 bits per heavy atom. The van der Waals surface area contributed by atoms with Gasteiger partial charge in [0.25, 0.3) is 0 Å². The molecule has 0 aliphatic rings. The minimum Gasteiger partial charge on any atom is -0.457 e. The summed E-state index contributed by atoms with van der Waals surface area (Å²) in [7, 11) is 0. The predicted molar refractivity (Wildman–Crippen MR) is 111 cm³/mol. The number of ether oxygens (including phenoxy) is 1. The highest BCUT2D eigenvalue weighted by Gasteiger charge is 2.12. The third-order valence-electron chi connectivity index (χ3n) is 4.64. The summed E-state index contributed by atoms with van der Waals surface area (Å²) in [6.45, 7) is 0. The first-order chi connectivity index (χ1) is 13.9. The Kier molecular flexibility index (Phi) is 4.07. The molecule has 0 unspecified atom stereocenters. The summed E-state index contributed by atoms with van der Waals surface area (Å²) in [5, 5.41) is 1.03. The lowest BCUT2D eigenvalue weighted by Crippen LogP contribution is -1.89. The normalized spacial score (nSPS) is 10.9. The van der Waals surface area contributed by atoms with Crippen molar-refractivity contribution in [1.29, 1.82) is 0 Å². The zero-order chi connectivity index (χ0) is 18.8. The van der Waals surface area contributed by atoms with Crippen molar-refractivity contribution in [1.82, 2.24) is 15.0 Å². The molecule has 3 aromatic heterocycles. The number of H-pyrrole nitrogens is 1. The van der Waals surface area contributed by atoms with E-state index in [2.05, 4.69) is 21.0 Å². The van der Waals surface area contributed by atoms with Crippen LogP contribution in [-0.4, -0.2) is 15.0 Å². The van der Waals surface area contributed by atoms with Gasteiger partial charge in [-0.15, -0.1) is 0 Å². The van der Waals surface area contributed by atoms with Crippen LogP contribution in [0.4, 0.5) is 0 Å². The summed E-state index contributed by atoms with van der Waals surface area (Å²) in [6.07, 6.45) is 5.62. The van der Waals surface area contributed by atoms with Crippen molar-refractivity contribution >= 4 is 11.0 Å². The molecule has 0 spiro atoms. The molecular formula is C24H17N3O. The average molecular weight is 363 g/mol. The van der Waals surface area contributed by atoms with E-state index in [1.54, 1.807) is 6.20 Å². The van der Waals surface area contributed by atoms with Crippen LogP contribution in [0.3, 0.4) is 0 Å². The van der Waals surface area contributed by atoms with Gasteiger partial charge in [-0.25, -0.2) is 4.98 Å². The standard InChI is InChI=1S/C24H17N3O/c1-2-8-18(9-3-1)28-23-12-5-4-10-19(23)17-14-20-21(16-27-24(20)26-15-17)22-11-6-7-13-25-22/h1-16H,(H,26,27). The van der Waals surface area contributed by atoms with Gasteiger partial charge in [-0.3, -0.25) is 4.98 Å². The van der Waals surface area contributed by atoms with Crippen LogP contribution in [0, 0.1) is 0 Å². The highest BCUT2D eigenvalue weighted by atomic mass is 16.5. The van der Waals surface area contributed by atoms with Gasteiger partial charge in [0.15, 0.2) is 0 Å². The van der Waals surface area contributed by atoms with Gasteiger partial charge < -0.3 is 9.72 Å². The van der Waals surface area contributed by atoms with E-state index in [4.69, 9.17) is 4.74 Å². The van der Waals surface area contributed by atoms with Crippen molar-refractivity contribution in [3.05, 3.63) is 97.5 Å². The van der Waals surface area contributed by atoms with Gasteiger partial charge in [0.2, 0.25) is 0 Å². The molecule has 134 valence electrons. The molecular weight excluding hydrogens is 346 g/mol. The van der Waals surface area contributed by atoms with E-state index in [1.165, 1.54) is 0 Å². The maximum Gasteiger partial charge on any atom is 0.137 e. The quantitative estimate of drug-likeness (QED) is 0.421. The Morgan fingerprint density at radius 1 is 0.750 bits per heavy atom. The van der Waals surface area contributed by atoms with Crippen molar-refractivity contribution in [3.63, 3.8) is 0 Å². The number of nitrogens with zero attached hydrogens (tertiary/aromatic N) is 2. The third kappa shape index (κ3) is 3.01. The molecule has 28 heavy (non-hydrogen) atoms. The number of aromatic nitrogens is 3. The lowest BCUT2D eigenvalue weighted by Gasteiger charge is -2.11. The number of fused-ring (bicyclic) bond motifs is 1. The van der Waals surface area contributed by atoms with Gasteiger partial charge in [-0.2, -0.15) is 0 Å². The van der Waals surface area contributed by atoms with E-state index < -0.39 is 0 Å². The SMILES string of the molecule is c1ccc(Oc2ccccc2-c2cnc3[nH]cc(-c4ccccn4)c3c2)cc1. The van der Waals surface area contributed by atoms with E-state index in [9.17, 15) is 0 Å². The van der Waals surface area contributed by atoms with Gasteiger partial charge in [0.05, 0.1) is 5.69 Å². The smallest absolute Gasteiger partial charge is 0.137 e. The molecule has 0 amide bonds. The van der Waals surface area contributed by atoms with Gasteiger partial charge in [-0.05, 0) is 36.4 Å². The molecule has 2 aromatic carbocycles. The summed E-state index contributed by atoms with van der Waals surface area (Å²) in [6, 6.07) is 25.8. The van der Waals surface area contributed by atoms with E-state index >= 15 is 0 Å². The summed E-state index contributed by atoms with van der Waals surface area (Å²) < 4.78 is 6.12. The second kappa shape index (κ2) is 7.00. The first-order valence-electron chi connectivity index (χ1n) is 9.09. The van der Waals surface area contributed by atoms with E-state index in [-0.39, 0.29) is 0 Å². The molecule has 3 heterocycles. The monoisotopic (exact) mass is 363 g/mol. The Balaban J connectivity index is 1.61. The average Bonchev–Trinajstić information content (AvgIpc) is 3.19. The highest BCUT2D eigenvalue weighted by molar-refractivity contribution is 5.95. The van der Waals surface area contributed by atoms with E-state index in [1.807, 2.05) is 85.2 Å². The molecule has 5 rings (SSSR count). The summed E-state index contributed by atoms with van der Waals surface area (Å²) >= 11 is 0. The molecule has 0 fully saturated rings. The van der Waals surface area contributed by atoms with Crippen LogP contribution in [0.15, 0.2) is 97.5 Å². The number of rotatable bonds is 4. The molecule has 0 saturated carbocycles. The van der Waals surface area contributed by atoms with Crippen LogP contribution in [0.1, 0.15) is 0 Å². The zero-order valence-corrected chi connectivity index (χ0v) is 15.0. The summed E-state index contributed by atoms with van der Waals surface area (Å²) in [5.74, 6) is 1.60. The Morgan fingerprint density at radius 3 is 2.43 bits per heavy atom. The lowest BCUT2D eigenvalue weighted by molar-refractivity contribution is 0.484. The van der Waals surface area contributed by atoms with Crippen LogP contribution >= 0.6 is 0 Å². The molecule has 1 N–H and O–H groups in total. The van der Waals surface area contributed by atoms with E-state index in [0.29, 0.717) is 0 Å². The third-order valence-corrected chi connectivity index (χ3v) is 4.64. The van der Waals surface area contributed by atoms with Crippen LogP contribution in [0.5, 0.6) is 11.5 Å². The second-order valence-corrected chi connectivity index (χ2v) is 6.45. The van der Waals surface area contributed by atoms with Gasteiger partial charge in [0.1, 0.15) is 17.1 Å². The largest absolute Gasteiger partial charge is 0.457 e. The molecule has 0 atom stereocenters. The molecule has 0 aliphatic carbocycles. The van der Waals surface area contributed by atoms with Gasteiger partial charge >= 0.3 is 0 Å². The number of hydrogen-bond acceptors (Lipinski definition) is 3. The summed E-state index contributed by atoms with van der Waals surface area (Å²) in [4.78, 5) is 12.3. The minimum absolute atomic E-state index is 0.796. The Labute approximate surface area is 162 Å².